The summed E-state index contributed by atoms with van der Waals surface area (Å²) in [6, 6.07) is 0. The molecule has 5 heavy (non-hydrogen) atoms. The van der Waals surface area contributed by atoms with Gasteiger partial charge in [0, 0.05) is 0 Å². The van der Waals surface area contributed by atoms with Crippen molar-refractivity contribution in [1.82, 2.24) is 0 Å². The maximum absolute atomic E-state index is 8.94. The maximum atomic E-state index is 8.94. The van der Waals surface area contributed by atoms with Crippen LogP contribution in [0.1, 0.15) is 0 Å². The molecular weight excluding hydrogens is 59.0 g/mol. The molecular formula is C3H3LiO. The minimum atomic E-state index is 0. The van der Waals surface area contributed by atoms with Gasteiger partial charge in [0.2, 0.25) is 0 Å². The molecule has 22 valence electrons. The first-order valence-corrected chi connectivity index (χ1v) is 0.813. The fraction of sp³-hybridized carbons (Fsp3) is 0. The van der Waals surface area contributed by atoms with Crippen molar-refractivity contribution in [2.45, 2.75) is 0 Å². The van der Waals surface area contributed by atoms with E-state index in [2.05, 4.69) is 6.42 Å². The molecule has 0 atom stereocenters. The van der Waals surface area contributed by atoms with E-state index in [-0.39, 0.29) is 18.9 Å². The number of rotatable bonds is 0. The Hall–Kier alpha value is -0.173. The van der Waals surface area contributed by atoms with E-state index in [0.717, 1.165) is 0 Å². The van der Waals surface area contributed by atoms with Gasteiger partial charge in [-0.25, -0.2) is 0 Å². The first-order valence-electron chi connectivity index (χ1n) is 0.813. The first-order chi connectivity index (χ1) is 1.91. The number of hydrogen-bond acceptors (Lipinski definition) is 1. The van der Waals surface area contributed by atoms with E-state index in [1.807, 2.05) is 0 Å². The Kier molecular flexibility index (Phi) is 16.2. The quantitative estimate of drug-likeness (QED) is 0.203. The van der Waals surface area contributed by atoms with Crippen LogP contribution in [0.4, 0.5) is 0 Å². The molecule has 0 aromatic heterocycles. The zero-order valence-corrected chi connectivity index (χ0v) is 2.06. The monoisotopic (exact) mass is 62.0 g/mol. The molecule has 0 bridgehead atoms. The molecule has 1 nitrogen and oxygen atoms in total. The van der Waals surface area contributed by atoms with Gasteiger partial charge in [0.1, 0.15) is 0 Å². The third-order valence-corrected chi connectivity index (χ3v) is 0.0680. The van der Waals surface area contributed by atoms with E-state index in [0.29, 0.717) is 6.29 Å². The molecule has 0 saturated heterocycles. The van der Waals surface area contributed by atoms with Gasteiger partial charge in [0.15, 0.2) is 6.29 Å². The number of hydrogen-bond donors (Lipinski definition) is 0. The molecule has 0 N–H and O–H groups in total. The van der Waals surface area contributed by atoms with Crippen LogP contribution in [-0.2, 0) is 4.79 Å². The molecule has 0 aromatic carbocycles. The summed E-state index contributed by atoms with van der Waals surface area (Å²) >= 11 is 0. The van der Waals surface area contributed by atoms with Gasteiger partial charge in [-0.15, -0.1) is 6.42 Å². The average molecular weight is 62.0 g/mol. The fourth-order valence-corrected chi connectivity index (χ4v) is 0. The molecule has 2 heteroatoms. The summed E-state index contributed by atoms with van der Waals surface area (Å²) in [7, 11) is 0. The first kappa shape index (κ1) is 8.85. The summed E-state index contributed by atoms with van der Waals surface area (Å²) < 4.78 is 0. The van der Waals surface area contributed by atoms with E-state index in [1.165, 1.54) is 0 Å². The second-order valence-corrected chi connectivity index (χ2v) is 0.285. The summed E-state index contributed by atoms with van der Waals surface area (Å²) in [5.74, 6) is 1.75. The van der Waals surface area contributed by atoms with Crippen molar-refractivity contribution < 1.29 is 4.79 Å². The van der Waals surface area contributed by atoms with Gasteiger partial charge >= 0.3 is 18.9 Å². The van der Waals surface area contributed by atoms with Crippen LogP contribution in [0.3, 0.4) is 0 Å². The molecule has 0 spiro atoms. The molecule has 0 rings (SSSR count). The van der Waals surface area contributed by atoms with Crippen molar-refractivity contribution in [1.29, 1.82) is 0 Å². The minimum absolute atomic E-state index is 0. The van der Waals surface area contributed by atoms with E-state index in [1.54, 1.807) is 5.92 Å². The molecule has 0 fully saturated rings. The van der Waals surface area contributed by atoms with Gasteiger partial charge in [-0.2, -0.15) is 0 Å². The van der Waals surface area contributed by atoms with Crippen LogP contribution in [0.5, 0.6) is 0 Å². The number of aldehydes is 1. The van der Waals surface area contributed by atoms with Crippen LogP contribution in [0.25, 0.3) is 0 Å². The van der Waals surface area contributed by atoms with Gasteiger partial charge < -0.3 is 0 Å². The molecule has 0 amide bonds. The number of carbonyl (C=O) groups excluding carboxylic acids is 1. The van der Waals surface area contributed by atoms with Crippen molar-refractivity contribution in [2.24, 2.45) is 0 Å². The topological polar surface area (TPSA) is 17.1 Å². The Morgan fingerprint density at radius 3 is 2.00 bits per heavy atom. The zero-order valence-electron chi connectivity index (χ0n) is 2.06. The average Bonchev–Trinajstić information content (AvgIpc) is 1.37. The Labute approximate surface area is 42.9 Å². The Balaban J connectivity index is 0. The SMILES string of the molecule is C#CC=O.[LiH]. The van der Waals surface area contributed by atoms with Crippen molar-refractivity contribution >= 4 is 25.1 Å². The van der Waals surface area contributed by atoms with E-state index >= 15 is 0 Å². The van der Waals surface area contributed by atoms with Crippen molar-refractivity contribution in [3.8, 4) is 12.3 Å². The van der Waals surface area contributed by atoms with Crippen molar-refractivity contribution in [3.63, 3.8) is 0 Å². The van der Waals surface area contributed by atoms with Crippen LogP contribution >= 0.6 is 0 Å². The zero-order chi connectivity index (χ0) is 3.41. The molecule has 0 aliphatic carbocycles. The summed E-state index contributed by atoms with van der Waals surface area (Å²) in [5, 5.41) is 0. The van der Waals surface area contributed by atoms with Gasteiger partial charge in [-0.3, -0.25) is 4.79 Å². The third-order valence-electron chi connectivity index (χ3n) is 0.0680. The summed E-state index contributed by atoms with van der Waals surface area (Å²) in [6.45, 7) is 0. The summed E-state index contributed by atoms with van der Waals surface area (Å²) in [4.78, 5) is 8.94. The van der Waals surface area contributed by atoms with Gasteiger partial charge in [0.25, 0.3) is 0 Å². The fourth-order valence-electron chi connectivity index (χ4n) is 0. The van der Waals surface area contributed by atoms with Gasteiger partial charge in [0.05, 0.1) is 0 Å². The Bertz CT molecular complexity index is 52.4. The molecule has 0 saturated carbocycles. The van der Waals surface area contributed by atoms with Crippen LogP contribution in [0.2, 0.25) is 0 Å². The molecule has 0 aliphatic rings. The predicted molar refractivity (Wildman–Crippen MR) is 22.0 cm³/mol. The van der Waals surface area contributed by atoms with Crippen LogP contribution in [0.15, 0.2) is 0 Å². The van der Waals surface area contributed by atoms with E-state index in [9.17, 15) is 0 Å². The summed E-state index contributed by atoms with van der Waals surface area (Å²) in [6.07, 6.45) is 4.81. The molecule has 0 heterocycles. The van der Waals surface area contributed by atoms with Gasteiger partial charge in [-0.1, -0.05) is 0 Å². The molecule has 0 aromatic rings. The van der Waals surface area contributed by atoms with Crippen molar-refractivity contribution in [2.75, 3.05) is 0 Å². The molecule has 0 radical (unpaired) electrons. The number of terminal acetylenes is 1. The van der Waals surface area contributed by atoms with Gasteiger partial charge in [-0.05, 0) is 5.92 Å². The molecule has 0 aliphatic heterocycles. The number of carbonyl (C=O) groups is 1. The Morgan fingerprint density at radius 2 is 2.00 bits per heavy atom. The van der Waals surface area contributed by atoms with Crippen LogP contribution in [0, 0.1) is 12.3 Å². The van der Waals surface area contributed by atoms with E-state index in [4.69, 9.17) is 4.79 Å². The standard InChI is InChI=1S/C3H2O.Li.H/c1-2-3-4;;/h1,3H;;. The van der Waals surface area contributed by atoms with E-state index < -0.39 is 0 Å². The third kappa shape index (κ3) is 18.7. The van der Waals surface area contributed by atoms with Crippen LogP contribution < -0.4 is 0 Å². The molecule has 0 unspecified atom stereocenters. The predicted octanol–water partition coefficient (Wildman–Crippen LogP) is -0.830. The van der Waals surface area contributed by atoms with Crippen molar-refractivity contribution in [3.05, 3.63) is 0 Å². The second kappa shape index (κ2) is 9.16. The van der Waals surface area contributed by atoms with Crippen LogP contribution in [-0.4, -0.2) is 25.1 Å². The second-order valence-electron chi connectivity index (χ2n) is 0.285. The summed E-state index contributed by atoms with van der Waals surface area (Å²) in [5.41, 5.74) is 0. The normalized spacial score (nSPS) is 3.00. The Morgan fingerprint density at radius 1 is 1.80 bits per heavy atom.